The largest absolute Gasteiger partial charge is 0.378 e. The number of hydrogen-bond donors (Lipinski definition) is 1. The van der Waals surface area contributed by atoms with Crippen molar-refractivity contribution < 1.29 is 4.92 Å². The van der Waals surface area contributed by atoms with Crippen LogP contribution in [0.15, 0.2) is 35.1 Å². The van der Waals surface area contributed by atoms with Crippen LogP contribution in [0.25, 0.3) is 11.3 Å². The maximum atomic E-state index is 10.7. The minimum absolute atomic E-state index is 0.106. The van der Waals surface area contributed by atoms with Gasteiger partial charge in [0.15, 0.2) is 0 Å². The average Bonchev–Trinajstić information content (AvgIpc) is 2.32. The quantitative estimate of drug-likeness (QED) is 0.678. The highest BCUT2D eigenvalue weighted by molar-refractivity contribution is 9.10. The lowest BCUT2D eigenvalue weighted by molar-refractivity contribution is -0.384. The van der Waals surface area contributed by atoms with E-state index in [-0.39, 0.29) is 11.5 Å². The predicted octanol–water partition coefficient (Wildman–Crippen LogP) is 2.40. The molecule has 2 aromatic heterocycles. The van der Waals surface area contributed by atoms with E-state index in [4.69, 9.17) is 5.73 Å². The summed E-state index contributed by atoms with van der Waals surface area (Å²) < 4.78 is 0.518. The first kappa shape index (κ1) is 11.5. The van der Waals surface area contributed by atoms with E-state index >= 15 is 0 Å². The lowest BCUT2D eigenvalue weighted by Crippen LogP contribution is -2.00. The molecule has 0 aliphatic rings. The van der Waals surface area contributed by atoms with E-state index in [2.05, 4.69) is 25.9 Å². The number of nitrogens with two attached hydrogens (primary N) is 1. The van der Waals surface area contributed by atoms with Gasteiger partial charge in [-0.05, 0) is 28.1 Å². The monoisotopic (exact) mass is 294 g/mol. The summed E-state index contributed by atoms with van der Waals surface area (Å²) in [6.07, 6.45) is 3.22. The topological polar surface area (TPSA) is 94.9 Å². The van der Waals surface area contributed by atoms with Gasteiger partial charge in [0.2, 0.25) is 5.82 Å². The van der Waals surface area contributed by atoms with Gasteiger partial charge in [0.25, 0.3) is 0 Å². The minimum Gasteiger partial charge on any atom is -0.378 e. The Morgan fingerprint density at radius 3 is 2.59 bits per heavy atom. The molecule has 0 saturated carbocycles. The predicted molar refractivity (Wildman–Crippen MR) is 66.2 cm³/mol. The molecule has 0 unspecified atom stereocenters. The third-order valence-electron chi connectivity index (χ3n) is 2.13. The van der Waals surface area contributed by atoms with Crippen LogP contribution in [0.2, 0.25) is 0 Å². The van der Waals surface area contributed by atoms with Crippen molar-refractivity contribution >= 4 is 27.4 Å². The number of nitrogens with zero attached hydrogens (tertiary/aromatic N) is 3. The fraction of sp³-hybridized carbons (Fsp3) is 0. The molecule has 0 aliphatic heterocycles. The molecule has 7 heteroatoms. The number of aromatic nitrogens is 2. The van der Waals surface area contributed by atoms with Gasteiger partial charge in [-0.25, -0.2) is 4.98 Å². The van der Waals surface area contributed by atoms with E-state index in [9.17, 15) is 10.1 Å². The third-order valence-corrected chi connectivity index (χ3v) is 2.74. The smallest absolute Gasteiger partial charge is 0.312 e. The van der Waals surface area contributed by atoms with Gasteiger partial charge in [-0.2, -0.15) is 0 Å². The van der Waals surface area contributed by atoms with Crippen molar-refractivity contribution in [2.75, 3.05) is 5.73 Å². The molecule has 6 nitrogen and oxygen atoms in total. The van der Waals surface area contributed by atoms with Crippen molar-refractivity contribution in [3.05, 3.63) is 45.2 Å². The summed E-state index contributed by atoms with van der Waals surface area (Å²) in [5.74, 6) is -0.106. The lowest BCUT2D eigenvalue weighted by atomic mass is 10.2. The molecule has 0 atom stereocenters. The van der Waals surface area contributed by atoms with Crippen molar-refractivity contribution in [3.8, 4) is 11.3 Å². The molecule has 0 spiro atoms. The van der Waals surface area contributed by atoms with Crippen LogP contribution in [-0.4, -0.2) is 14.9 Å². The summed E-state index contributed by atoms with van der Waals surface area (Å²) in [7, 11) is 0. The second-order valence-electron chi connectivity index (χ2n) is 3.22. The number of halogens is 1. The van der Waals surface area contributed by atoms with Gasteiger partial charge in [0.1, 0.15) is 0 Å². The van der Waals surface area contributed by atoms with Crippen molar-refractivity contribution in [2.24, 2.45) is 0 Å². The zero-order chi connectivity index (χ0) is 12.4. The molecule has 17 heavy (non-hydrogen) atoms. The first-order valence-corrected chi connectivity index (χ1v) is 5.39. The van der Waals surface area contributed by atoms with Gasteiger partial charge >= 0.3 is 5.69 Å². The minimum atomic E-state index is -0.566. The van der Waals surface area contributed by atoms with E-state index in [1.165, 1.54) is 6.07 Å². The lowest BCUT2D eigenvalue weighted by Gasteiger charge is -2.05. The number of anilines is 1. The molecule has 0 fully saturated rings. The molecular weight excluding hydrogens is 288 g/mol. The first-order chi connectivity index (χ1) is 8.09. The van der Waals surface area contributed by atoms with Gasteiger partial charge in [0.05, 0.1) is 15.1 Å². The van der Waals surface area contributed by atoms with Crippen LogP contribution in [0.1, 0.15) is 0 Å². The number of rotatable bonds is 2. The molecule has 0 bridgehead atoms. The maximum Gasteiger partial charge on any atom is 0.312 e. The SMILES string of the molecule is Nc1nc(-c2ccncc2)c(Br)cc1[N+](=O)[O-]. The Labute approximate surface area is 105 Å². The number of nitro groups is 1. The van der Waals surface area contributed by atoms with Gasteiger partial charge in [-0.3, -0.25) is 15.1 Å². The van der Waals surface area contributed by atoms with Crippen molar-refractivity contribution in [2.45, 2.75) is 0 Å². The normalized spacial score (nSPS) is 10.2. The summed E-state index contributed by atoms with van der Waals surface area (Å²) in [5.41, 5.74) is 6.66. The molecule has 0 amide bonds. The highest BCUT2D eigenvalue weighted by Gasteiger charge is 2.17. The standard InChI is InChI=1S/C10H7BrN4O2/c11-7-5-8(15(16)17)10(12)14-9(7)6-1-3-13-4-2-6/h1-5H,(H2,12,14). The number of nitrogen functional groups attached to an aromatic ring is 1. The molecule has 0 radical (unpaired) electrons. The van der Waals surface area contributed by atoms with E-state index in [1.54, 1.807) is 24.5 Å². The van der Waals surface area contributed by atoms with E-state index in [1.807, 2.05) is 0 Å². The third kappa shape index (κ3) is 2.23. The zero-order valence-corrected chi connectivity index (χ0v) is 10.1. The summed E-state index contributed by atoms with van der Waals surface area (Å²) >= 11 is 3.24. The van der Waals surface area contributed by atoms with Gasteiger partial charge in [-0.15, -0.1) is 0 Å². The maximum absolute atomic E-state index is 10.7. The zero-order valence-electron chi connectivity index (χ0n) is 8.50. The Hall–Kier alpha value is -2.02. The second kappa shape index (κ2) is 4.46. The Morgan fingerprint density at radius 2 is 2.00 bits per heavy atom. The summed E-state index contributed by atoms with van der Waals surface area (Å²) in [6, 6.07) is 4.84. The molecule has 2 aromatic rings. The van der Waals surface area contributed by atoms with Crippen LogP contribution in [0, 0.1) is 10.1 Å². The molecule has 0 aromatic carbocycles. The molecular formula is C10H7BrN4O2. The van der Waals surface area contributed by atoms with Crippen LogP contribution in [0.4, 0.5) is 11.5 Å². The molecule has 2 rings (SSSR count). The summed E-state index contributed by atoms with van der Waals surface area (Å²) in [5, 5.41) is 10.7. The van der Waals surface area contributed by atoms with Gasteiger partial charge in [-0.1, -0.05) is 0 Å². The van der Waals surface area contributed by atoms with Crippen molar-refractivity contribution in [1.82, 2.24) is 9.97 Å². The van der Waals surface area contributed by atoms with Gasteiger partial charge in [0, 0.05) is 24.0 Å². The average molecular weight is 295 g/mol. The van der Waals surface area contributed by atoms with Crippen LogP contribution in [-0.2, 0) is 0 Å². The summed E-state index contributed by atoms with van der Waals surface area (Å²) in [6.45, 7) is 0. The van der Waals surface area contributed by atoms with Gasteiger partial charge < -0.3 is 5.73 Å². The van der Waals surface area contributed by atoms with Crippen molar-refractivity contribution in [1.29, 1.82) is 0 Å². The molecule has 86 valence electrons. The Morgan fingerprint density at radius 1 is 1.35 bits per heavy atom. The second-order valence-corrected chi connectivity index (χ2v) is 4.07. The van der Waals surface area contributed by atoms with E-state index in [0.29, 0.717) is 10.2 Å². The fourth-order valence-corrected chi connectivity index (χ4v) is 1.89. The van der Waals surface area contributed by atoms with Crippen LogP contribution >= 0.6 is 15.9 Å². The van der Waals surface area contributed by atoms with E-state index in [0.717, 1.165) is 5.56 Å². The van der Waals surface area contributed by atoms with Crippen molar-refractivity contribution in [3.63, 3.8) is 0 Å². The Bertz CT molecular complexity index is 574. The van der Waals surface area contributed by atoms with Crippen LogP contribution in [0.5, 0.6) is 0 Å². The molecule has 2 heterocycles. The first-order valence-electron chi connectivity index (χ1n) is 4.60. The highest BCUT2D eigenvalue weighted by atomic mass is 79.9. The summed E-state index contributed by atoms with van der Waals surface area (Å²) in [4.78, 5) is 18.0. The fourth-order valence-electron chi connectivity index (χ4n) is 1.35. The molecule has 2 N–H and O–H groups in total. The van der Waals surface area contributed by atoms with Crippen LogP contribution < -0.4 is 5.73 Å². The highest BCUT2D eigenvalue weighted by Crippen LogP contribution is 2.32. The van der Waals surface area contributed by atoms with E-state index < -0.39 is 4.92 Å². The van der Waals surface area contributed by atoms with Crippen LogP contribution in [0.3, 0.4) is 0 Å². The number of pyridine rings is 2. The molecule has 0 saturated heterocycles. The number of hydrogen-bond acceptors (Lipinski definition) is 5. The Kier molecular flexibility index (Phi) is 3.01. The Balaban J connectivity index is 2.58. The molecule has 0 aliphatic carbocycles.